The number of fused-ring (bicyclic) bond motifs is 1. The summed E-state index contributed by atoms with van der Waals surface area (Å²) in [6.45, 7) is 4.31. The van der Waals surface area contributed by atoms with Crippen LogP contribution in [0.4, 0.5) is 5.69 Å². The van der Waals surface area contributed by atoms with Crippen LogP contribution in [-0.4, -0.2) is 29.4 Å². The van der Waals surface area contributed by atoms with Gasteiger partial charge in [-0.1, -0.05) is 62.4 Å². The minimum absolute atomic E-state index is 0.0815. The number of rotatable bonds is 6. The van der Waals surface area contributed by atoms with Crippen LogP contribution in [0.3, 0.4) is 0 Å². The van der Waals surface area contributed by atoms with E-state index in [0.717, 1.165) is 16.9 Å². The average molecular weight is 368 g/mol. The van der Waals surface area contributed by atoms with Gasteiger partial charge in [-0.15, -0.1) is 0 Å². The van der Waals surface area contributed by atoms with Crippen LogP contribution in [0.25, 0.3) is 0 Å². The molecule has 3 rings (SSSR count). The van der Waals surface area contributed by atoms with E-state index < -0.39 is 6.10 Å². The summed E-state index contributed by atoms with van der Waals surface area (Å²) in [5, 5.41) is 10.2. The van der Waals surface area contributed by atoms with E-state index in [1.807, 2.05) is 49.5 Å². The number of anilines is 1. The largest absolute Gasteiger partial charge is 0.388 e. The van der Waals surface area contributed by atoms with Crippen LogP contribution in [0, 0.1) is 0 Å². The minimum atomic E-state index is -0.545. The van der Waals surface area contributed by atoms with Crippen LogP contribution < -0.4 is 4.90 Å². The van der Waals surface area contributed by atoms with Crippen molar-refractivity contribution in [1.82, 2.24) is 0 Å². The molecule has 0 aliphatic carbocycles. The molecule has 0 amide bonds. The molecule has 0 aromatic heterocycles. The van der Waals surface area contributed by atoms with Gasteiger partial charge in [0.2, 0.25) is 0 Å². The lowest BCUT2D eigenvalue weighted by atomic mass is 9.83. The van der Waals surface area contributed by atoms with Gasteiger partial charge in [0.1, 0.15) is 0 Å². The molecular formula is C22H25NO2S. The number of likely N-dealkylation sites (N-methyl/N-ethyl adjacent to an activating group) is 1. The molecular weight excluding hydrogens is 342 g/mol. The summed E-state index contributed by atoms with van der Waals surface area (Å²) in [5.41, 5.74) is 4.12. The maximum atomic E-state index is 12.5. The molecule has 1 N–H and O–H groups in total. The molecule has 1 heterocycles. The molecule has 1 unspecified atom stereocenters. The SMILES string of the molecule is CN1/C(=C/C(=O)CSCC(O)c2ccccc2)C(C)(C)c2ccccc21. The fourth-order valence-corrected chi connectivity index (χ4v) is 4.31. The van der Waals surface area contributed by atoms with Crippen LogP contribution in [0.15, 0.2) is 66.4 Å². The third kappa shape index (κ3) is 3.71. The molecule has 0 saturated carbocycles. The predicted molar refractivity (Wildman–Crippen MR) is 110 cm³/mol. The summed E-state index contributed by atoms with van der Waals surface area (Å²) in [7, 11) is 2.01. The highest BCUT2D eigenvalue weighted by molar-refractivity contribution is 8.00. The Morgan fingerprint density at radius 3 is 2.50 bits per heavy atom. The van der Waals surface area contributed by atoms with Crippen molar-refractivity contribution in [2.24, 2.45) is 0 Å². The Morgan fingerprint density at radius 2 is 1.81 bits per heavy atom. The Kier molecular flexibility index (Phi) is 5.54. The zero-order valence-corrected chi connectivity index (χ0v) is 16.3. The molecule has 1 atom stereocenters. The molecule has 1 aliphatic rings. The van der Waals surface area contributed by atoms with Crippen molar-refractivity contribution >= 4 is 23.2 Å². The predicted octanol–water partition coefficient (Wildman–Crippen LogP) is 4.33. The standard InChI is InChI=1S/C22H25NO2S/c1-22(2)18-11-7-8-12-19(18)23(3)21(22)13-17(24)14-26-15-20(25)16-9-5-4-6-10-16/h4-13,20,25H,14-15H2,1-3H3/b21-13+. The number of carbonyl (C=O) groups is 1. The quantitative estimate of drug-likeness (QED) is 0.772. The van der Waals surface area contributed by atoms with Crippen molar-refractivity contribution < 1.29 is 9.90 Å². The van der Waals surface area contributed by atoms with Gasteiger partial charge < -0.3 is 10.0 Å². The van der Waals surface area contributed by atoms with Gasteiger partial charge in [-0.2, -0.15) is 11.8 Å². The molecule has 26 heavy (non-hydrogen) atoms. The molecule has 0 fully saturated rings. The summed E-state index contributed by atoms with van der Waals surface area (Å²) in [6, 6.07) is 17.8. The van der Waals surface area contributed by atoms with Crippen molar-refractivity contribution in [3.63, 3.8) is 0 Å². The lowest BCUT2D eigenvalue weighted by molar-refractivity contribution is -0.112. The summed E-state index contributed by atoms with van der Waals surface area (Å²) in [5.74, 6) is 0.962. The lowest BCUT2D eigenvalue weighted by Gasteiger charge is -2.24. The van der Waals surface area contributed by atoms with Gasteiger partial charge in [-0.25, -0.2) is 0 Å². The highest BCUT2D eigenvalue weighted by Gasteiger charge is 2.38. The second kappa shape index (κ2) is 7.68. The van der Waals surface area contributed by atoms with Crippen LogP contribution >= 0.6 is 11.8 Å². The van der Waals surface area contributed by atoms with Gasteiger partial charge in [-0.3, -0.25) is 4.79 Å². The maximum Gasteiger partial charge on any atom is 0.167 e. The van der Waals surface area contributed by atoms with Gasteiger partial charge in [0.05, 0.1) is 11.9 Å². The van der Waals surface area contributed by atoms with Gasteiger partial charge >= 0.3 is 0 Å². The zero-order chi connectivity index (χ0) is 18.7. The van der Waals surface area contributed by atoms with E-state index in [4.69, 9.17) is 0 Å². The number of nitrogens with zero attached hydrogens (tertiary/aromatic N) is 1. The van der Waals surface area contributed by atoms with E-state index >= 15 is 0 Å². The molecule has 4 heteroatoms. The maximum absolute atomic E-state index is 12.5. The lowest BCUT2D eigenvalue weighted by Crippen LogP contribution is -2.24. The number of ketones is 1. The smallest absolute Gasteiger partial charge is 0.167 e. The average Bonchev–Trinajstić information content (AvgIpc) is 2.83. The minimum Gasteiger partial charge on any atom is -0.388 e. The molecule has 0 radical (unpaired) electrons. The van der Waals surface area contributed by atoms with Crippen LogP contribution in [0.2, 0.25) is 0 Å². The molecule has 2 aromatic rings. The number of para-hydroxylation sites is 1. The van der Waals surface area contributed by atoms with E-state index in [1.165, 1.54) is 17.3 Å². The number of aliphatic hydroxyl groups is 1. The Balaban J connectivity index is 1.63. The van der Waals surface area contributed by atoms with Crippen LogP contribution in [-0.2, 0) is 10.2 Å². The van der Waals surface area contributed by atoms with Crippen LogP contribution in [0.1, 0.15) is 31.1 Å². The summed E-state index contributed by atoms with van der Waals surface area (Å²) in [4.78, 5) is 14.6. The molecule has 0 spiro atoms. The molecule has 1 aliphatic heterocycles. The molecule has 3 nitrogen and oxygen atoms in total. The Morgan fingerprint density at radius 1 is 1.15 bits per heavy atom. The fourth-order valence-electron chi connectivity index (χ4n) is 3.50. The van der Waals surface area contributed by atoms with E-state index in [9.17, 15) is 9.90 Å². The highest BCUT2D eigenvalue weighted by atomic mass is 32.2. The van der Waals surface area contributed by atoms with Crippen molar-refractivity contribution in [3.05, 3.63) is 77.5 Å². The molecule has 2 aromatic carbocycles. The Labute approximate surface area is 159 Å². The van der Waals surface area contributed by atoms with Gasteiger partial charge in [-0.05, 0) is 17.2 Å². The first-order valence-corrected chi connectivity index (χ1v) is 9.95. The van der Waals surface area contributed by atoms with Crippen molar-refractivity contribution in [3.8, 4) is 0 Å². The van der Waals surface area contributed by atoms with E-state index in [1.54, 1.807) is 6.08 Å². The van der Waals surface area contributed by atoms with Gasteiger partial charge in [0.15, 0.2) is 5.78 Å². The highest BCUT2D eigenvalue weighted by Crippen LogP contribution is 2.46. The number of carbonyl (C=O) groups excluding carboxylic acids is 1. The number of allylic oxidation sites excluding steroid dienone is 2. The zero-order valence-electron chi connectivity index (χ0n) is 15.5. The monoisotopic (exact) mass is 367 g/mol. The van der Waals surface area contributed by atoms with E-state index in [-0.39, 0.29) is 11.2 Å². The Bertz CT molecular complexity index is 814. The normalized spacial score (nSPS) is 18.0. The molecule has 136 valence electrons. The third-order valence-corrected chi connectivity index (χ3v) is 5.98. The fraction of sp³-hybridized carbons (Fsp3) is 0.318. The Hall–Kier alpha value is -2.04. The summed E-state index contributed by atoms with van der Waals surface area (Å²) in [6.07, 6.45) is 1.22. The first-order valence-electron chi connectivity index (χ1n) is 8.80. The number of benzene rings is 2. The second-order valence-electron chi connectivity index (χ2n) is 7.14. The molecule has 0 bridgehead atoms. The van der Waals surface area contributed by atoms with E-state index in [2.05, 4.69) is 30.9 Å². The van der Waals surface area contributed by atoms with Crippen molar-refractivity contribution in [2.75, 3.05) is 23.5 Å². The van der Waals surface area contributed by atoms with Crippen molar-refractivity contribution in [1.29, 1.82) is 0 Å². The van der Waals surface area contributed by atoms with Crippen molar-refractivity contribution in [2.45, 2.75) is 25.4 Å². The van der Waals surface area contributed by atoms with Gasteiger partial charge in [0.25, 0.3) is 0 Å². The first-order chi connectivity index (χ1) is 12.4. The van der Waals surface area contributed by atoms with Gasteiger partial charge in [0, 0.05) is 35.7 Å². The number of hydrogen-bond acceptors (Lipinski definition) is 4. The first kappa shape index (κ1) is 18.7. The number of aliphatic hydroxyl groups excluding tert-OH is 1. The number of hydrogen-bond donors (Lipinski definition) is 1. The summed E-state index contributed by atoms with van der Waals surface area (Å²) < 4.78 is 0. The number of thioether (sulfide) groups is 1. The van der Waals surface area contributed by atoms with Crippen LogP contribution in [0.5, 0.6) is 0 Å². The third-order valence-electron chi connectivity index (χ3n) is 4.94. The topological polar surface area (TPSA) is 40.5 Å². The molecule has 0 saturated heterocycles. The van der Waals surface area contributed by atoms with E-state index in [0.29, 0.717) is 11.5 Å². The summed E-state index contributed by atoms with van der Waals surface area (Å²) >= 11 is 1.47. The second-order valence-corrected chi connectivity index (χ2v) is 8.17.